The van der Waals surface area contributed by atoms with Gasteiger partial charge in [0.25, 0.3) is 5.91 Å². The van der Waals surface area contributed by atoms with Crippen LogP contribution in [0.25, 0.3) is 5.69 Å². The van der Waals surface area contributed by atoms with Crippen molar-refractivity contribution in [1.29, 1.82) is 0 Å². The van der Waals surface area contributed by atoms with Crippen molar-refractivity contribution in [3.05, 3.63) is 42.2 Å². The quantitative estimate of drug-likeness (QED) is 0.865. The zero-order valence-electron chi connectivity index (χ0n) is 15.0. The van der Waals surface area contributed by atoms with E-state index in [9.17, 15) is 14.7 Å². The summed E-state index contributed by atoms with van der Waals surface area (Å²) in [5.74, 6) is -0.540. The molecule has 1 fully saturated rings. The van der Waals surface area contributed by atoms with Crippen molar-refractivity contribution in [1.82, 2.24) is 24.8 Å². The minimum absolute atomic E-state index is 0.0300. The van der Waals surface area contributed by atoms with E-state index in [-0.39, 0.29) is 19.0 Å². The van der Waals surface area contributed by atoms with Crippen LogP contribution >= 0.6 is 0 Å². The fourth-order valence-corrected chi connectivity index (χ4v) is 3.20. The maximum atomic E-state index is 12.8. The van der Waals surface area contributed by atoms with Gasteiger partial charge < -0.3 is 14.9 Å². The van der Waals surface area contributed by atoms with Gasteiger partial charge in [-0.05, 0) is 25.0 Å². The number of para-hydroxylation sites is 1. The number of likely N-dealkylation sites (N-methyl/N-ethyl adjacent to an activating group) is 1. The standard InChI is InChI=1S/C18H23N5O3/c1-14(24)22-10-6-9-18(26,13-22)17(25)21(2)12-15-11-19-23(20-15)16-7-4-3-5-8-16/h3-5,7-8,11,26H,6,9-10,12-13H2,1-2H3/t18-/m1/s1. The lowest BCUT2D eigenvalue weighted by atomic mass is 9.91. The number of nitrogens with zero attached hydrogens (tertiary/aromatic N) is 5. The monoisotopic (exact) mass is 357 g/mol. The van der Waals surface area contributed by atoms with Gasteiger partial charge in [0.15, 0.2) is 5.60 Å². The Labute approximate surface area is 152 Å². The van der Waals surface area contributed by atoms with Crippen molar-refractivity contribution in [3.63, 3.8) is 0 Å². The molecule has 1 saturated heterocycles. The molecular formula is C18H23N5O3. The van der Waals surface area contributed by atoms with Crippen molar-refractivity contribution >= 4 is 11.8 Å². The highest BCUT2D eigenvalue weighted by Crippen LogP contribution is 2.24. The molecule has 1 aliphatic heterocycles. The average molecular weight is 357 g/mol. The van der Waals surface area contributed by atoms with E-state index in [1.165, 1.54) is 21.5 Å². The van der Waals surface area contributed by atoms with Crippen molar-refractivity contribution in [2.45, 2.75) is 31.9 Å². The van der Waals surface area contributed by atoms with Gasteiger partial charge in [-0.25, -0.2) is 0 Å². The molecule has 2 heterocycles. The maximum absolute atomic E-state index is 12.8. The van der Waals surface area contributed by atoms with E-state index in [0.29, 0.717) is 25.1 Å². The number of hydrogen-bond acceptors (Lipinski definition) is 5. The molecule has 1 aromatic heterocycles. The predicted molar refractivity (Wildman–Crippen MR) is 94.3 cm³/mol. The number of β-amino-alcohol motifs (C(OH)–C–C–N with tert-alkyl or cyclic N) is 1. The minimum Gasteiger partial charge on any atom is -0.378 e. The largest absolute Gasteiger partial charge is 0.378 e. The molecule has 0 saturated carbocycles. The van der Waals surface area contributed by atoms with Gasteiger partial charge >= 0.3 is 0 Å². The summed E-state index contributed by atoms with van der Waals surface area (Å²) in [5, 5.41) is 19.4. The second-order valence-electron chi connectivity index (χ2n) is 6.70. The number of carbonyl (C=O) groups excluding carboxylic acids is 2. The summed E-state index contributed by atoms with van der Waals surface area (Å²) in [5.41, 5.74) is -0.100. The number of aliphatic hydroxyl groups is 1. The molecule has 2 amide bonds. The highest BCUT2D eigenvalue weighted by atomic mass is 16.3. The zero-order chi connectivity index (χ0) is 18.7. The van der Waals surface area contributed by atoms with Crippen LogP contribution in [0.3, 0.4) is 0 Å². The summed E-state index contributed by atoms with van der Waals surface area (Å²) < 4.78 is 0. The van der Waals surface area contributed by atoms with Crippen LogP contribution in [0.1, 0.15) is 25.5 Å². The highest BCUT2D eigenvalue weighted by molar-refractivity contribution is 5.86. The fraction of sp³-hybridized carbons (Fsp3) is 0.444. The second kappa shape index (κ2) is 7.25. The Morgan fingerprint density at radius 2 is 2.04 bits per heavy atom. The van der Waals surface area contributed by atoms with E-state index in [1.54, 1.807) is 13.2 Å². The van der Waals surface area contributed by atoms with E-state index in [4.69, 9.17) is 0 Å². The summed E-state index contributed by atoms with van der Waals surface area (Å²) in [7, 11) is 1.62. The molecule has 2 aromatic rings. The smallest absolute Gasteiger partial charge is 0.256 e. The average Bonchev–Trinajstić information content (AvgIpc) is 3.10. The number of rotatable bonds is 4. The third kappa shape index (κ3) is 3.75. The Bertz CT molecular complexity index is 791. The molecule has 8 heteroatoms. The van der Waals surface area contributed by atoms with Gasteiger partial charge in [-0.1, -0.05) is 18.2 Å². The second-order valence-corrected chi connectivity index (χ2v) is 6.70. The maximum Gasteiger partial charge on any atom is 0.256 e. The van der Waals surface area contributed by atoms with E-state index in [1.807, 2.05) is 30.3 Å². The molecule has 8 nitrogen and oxygen atoms in total. The number of hydrogen-bond donors (Lipinski definition) is 1. The number of amides is 2. The van der Waals surface area contributed by atoms with Crippen LogP contribution in [0.2, 0.25) is 0 Å². The van der Waals surface area contributed by atoms with Crippen LogP contribution in [0.15, 0.2) is 36.5 Å². The summed E-state index contributed by atoms with van der Waals surface area (Å²) in [4.78, 5) is 28.8. The Morgan fingerprint density at radius 3 is 2.73 bits per heavy atom. The Hall–Kier alpha value is -2.74. The normalized spacial score (nSPS) is 20.0. The van der Waals surface area contributed by atoms with Crippen LogP contribution in [0, 0.1) is 0 Å². The topological polar surface area (TPSA) is 91.6 Å². The van der Waals surface area contributed by atoms with Gasteiger partial charge in [0.2, 0.25) is 5.91 Å². The highest BCUT2D eigenvalue weighted by Gasteiger charge is 2.42. The van der Waals surface area contributed by atoms with Gasteiger partial charge in [-0.3, -0.25) is 9.59 Å². The number of likely N-dealkylation sites (tertiary alicyclic amines) is 1. The van der Waals surface area contributed by atoms with Gasteiger partial charge in [0, 0.05) is 20.5 Å². The first-order valence-electron chi connectivity index (χ1n) is 8.59. The van der Waals surface area contributed by atoms with Gasteiger partial charge in [-0.15, -0.1) is 0 Å². The summed E-state index contributed by atoms with van der Waals surface area (Å²) in [6.45, 7) is 2.28. The summed E-state index contributed by atoms with van der Waals surface area (Å²) >= 11 is 0. The third-order valence-corrected chi connectivity index (χ3v) is 4.59. The van der Waals surface area contributed by atoms with E-state index < -0.39 is 11.5 Å². The lowest BCUT2D eigenvalue weighted by Crippen LogP contribution is -2.58. The Kier molecular flexibility index (Phi) is 5.03. The predicted octanol–water partition coefficient (Wildman–Crippen LogP) is 0.599. The van der Waals surface area contributed by atoms with Crippen LogP contribution in [0.5, 0.6) is 0 Å². The van der Waals surface area contributed by atoms with Crippen molar-refractivity contribution in [3.8, 4) is 5.69 Å². The molecule has 1 aromatic carbocycles. The fourth-order valence-electron chi connectivity index (χ4n) is 3.20. The number of benzene rings is 1. The van der Waals surface area contributed by atoms with Crippen LogP contribution in [0.4, 0.5) is 0 Å². The lowest BCUT2D eigenvalue weighted by Gasteiger charge is -2.39. The number of aromatic nitrogens is 3. The lowest BCUT2D eigenvalue weighted by molar-refractivity contribution is -0.159. The van der Waals surface area contributed by atoms with Crippen LogP contribution in [-0.2, 0) is 16.1 Å². The molecule has 3 rings (SSSR count). The van der Waals surface area contributed by atoms with E-state index in [0.717, 1.165) is 5.69 Å². The molecule has 0 radical (unpaired) electrons. The molecular weight excluding hydrogens is 334 g/mol. The van der Waals surface area contributed by atoms with Crippen molar-refractivity contribution in [2.75, 3.05) is 20.1 Å². The van der Waals surface area contributed by atoms with Gasteiger partial charge in [0.05, 0.1) is 25.0 Å². The molecule has 1 atom stereocenters. The zero-order valence-corrected chi connectivity index (χ0v) is 15.0. The molecule has 0 spiro atoms. The molecule has 26 heavy (non-hydrogen) atoms. The first-order chi connectivity index (χ1) is 12.4. The minimum atomic E-state index is -1.55. The van der Waals surface area contributed by atoms with Crippen LogP contribution < -0.4 is 0 Å². The molecule has 1 N–H and O–H groups in total. The summed E-state index contributed by atoms with van der Waals surface area (Å²) in [6.07, 6.45) is 2.54. The van der Waals surface area contributed by atoms with E-state index in [2.05, 4.69) is 10.2 Å². The Balaban J connectivity index is 1.68. The SMILES string of the molecule is CC(=O)N1CCC[C@](O)(C(=O)N(C)Cc2cnn(-c3ccccc3)n2)C1. The van der Waals surface area contributed by atoms with Crippen LogP contribution in [-0.4, -0.2) is 67.5 Å². The molecule has 0 aliphatic carbocycles. The molecule has 138 valence electrons. The Morgan fingerprint density at radius 1 is 1.31 bits per heavy atom. The number of carbonyl (C=O) groups is 2. The molecule has 0 bridgehead atoms. The van der Waals surface area contributed by atoms with E-state index >= 15 is 0 Å². The third-order valence-electron chi connectivity index (χ3n) is 4.59. The summed E-state index contributed by atoms with van der Waals surface area (Å²) in [6, 6.07) is 9.48. The first kappa shape index (κ1) is 18.1. The van der Waals surface area contributed by atoms with Crippen molar-refractivity contribution in [2.24, 2.45) is 0 Å². The van der Waals surface area contributed by atoms with Crippen molar-refractivity contribution < 1.29 is 14.7 Å². The van der Waals surface area contributed by atoms with Gasteiger partial charge in [0.1, 0.15) is 5.69 Å². The molecule has 0 unspecified atom stereocenters. The first-order valence-corrected chi connectivity index (χ1v) is 8.59. The molecule has 1 aliphatic rings. The van der Waals surface area contributed by atoms with Gasteiger partial charge in [-0.2, -0.15) is 15.0 Å². The number of piperidine rings is 1.